The van der Waals surface area contributed by atoms with Gasteiger partial charge in [0.25, 0.3) is 0 Å². The summed E-state index contributed by atoms with van der Waals surface area (Å²) in [7, 11) is 0. The minimum atomic E-state index is -0.210. The standard InChI is InChI=1S/C23H30N2O4/c26-21-10-17(13-25(21)12-16-4-5-16)22(27)24-14-23(8-2-1-3-9-23)18-6-7-19-20(11-18)29-15-28-19/h6-7,11,16-17H,1-5,8-10,12-15H2,(H,24,27). The highest BCUT2D eigenvalue weighted by atomic mass is 16.7. The molecule has 2 saturated carbocycles. The highest BCUT2D eigenvalue weighted by molar-refractivity contribution is 5.89. The van der Waals surface area contributed by atoms with Gasteiger partial charge in [-0.15, -0.1) is 0 Å². The maximum atomic E-state index is 12.9. The molecule has 2 amide bonds. The number of fused-ring (bicyclic) bond motifs is 1. The van der Waals surface area contributed by atoms with E-state index in [2.05, 4.69) is 17.4 Å². The van der Waals surface area contributed by atoms with Crippen LogP contribution in [-0.2, 0) is 15.0 Å². The van der Waals surface area contributed by atoms with Gasteiger partial charge in [-0.3, -0.25) is 9.59 Å². The maximum absolute atomic E-state index is 12.9. The van der Waals surface area contributed by atoms with Crippen molar-refractivity contribution in [2.24, 2.45) is 11.8 Å². The molecule has 6 heteroatoms. The van der Waals surface area contributed by atoms with Crippen molar-refractivity contribution in [3.63, 3.8) is 0 Å². The van der Waals surface area contributed by atoms with Crippen molar-refractivity contribution in [1.82, 2.24) is 10.2 Å². The summed E-state index contributed by atoms with van der Waals surface area (Å²) in [6.07, 6.45) is 8.50. The Morgan fingerprint density at radius 3 is 2.72 bits per heavy atom. The Morgan fingerprint density at radius 1 is 1.14 bits per heavy atom. The molecule has 6 nitrogen and oxygen atoms in total. The number of hydrogen-bond acceptors (Lipinski definition) is 4. The van der Waals surface area contributed by atoms with Gasteiger partial charge < -0.3 is 19.7 Å². The molecule has 0 spiro atoms. The first-order chi connectivity index (χ1) is 14.1. The number of carbonyl (C=O) groups is 2. The average molecular weight is 399 g/mol. The number of benzene rings is 1. The summed E-state index contributed by atoms with van der Waals surface area (Å²) in [6.45, 7) is 2.32. The normalized spacial score (nSPS) is 25.3. The molecule has 1 atom stereocenters. The Labute approximate surface area is 171 Å². The maximum Gasteiger partial charge on any atom is 0.231 e. The van der Waals surface area contributed by atoms with E-state index in [1.807, 2.05) is 11.0 Å². The number of ether oxygens (including phenoxy) is 2. The first-order valence-electron chi connectivity index (χ1n) is 11.1. The lowest BCUT2D eigenvalue weighted by atomic mass is 9.69. The Kier molecular flexibility index (Phi) is 4.88. The number of rotatable bonds is 6. The third-order valence-corrected chi connectivity index (χ3v) is 7.16. The van der Waals surface area contributed by atoms with Gasteiger partial charge in [-0.05, 0) is 49.3 Å². The van der Waals surface area contributed by atoms with Gasteiger partial charge >= 0.3 is 0 Å². The smallest absolute Gasteiger partial charge is 0.231 e. The molecule has 5 rings (SSSR count). The molecule has 156 valence electrons. The summed E-state index contributed by atoms with van der Waals surface area (Å²) in [6, 6.07) is 6.21. The Bertz CT molecular complexity index is 798. The minimum absolute atomic E-state index is 0.0299. The fourth-order valence-electron chi connectivity index (χ4n) is 5.16. The Balaban J connectivity index is 1.26. The van der Waals surface area contributed by atoms with Crippen molar-refractivity contribution < 1.29 is 19.1 Å². The second-order valence-corrected chi connectivity index (χ2v) is 9.27. The van der Waals surface area contributed by atoms with E-state index in [-0.39, 0.29) is 29.9 Å². The predicted molar refractivity (Wildman–Crippen MR) is 108 cm³/mol. The molecule has 29 heavy (non-hydrogen) atoms. The van der Waals surface area contributed by atoms with E-state index in [1.165, 1.54) is 37.7 Å². The van der Waals surface area contributed by atoms with Crippen LogP contribution in [-0.4, -0.2) is 43.1 Å². The van der Waals surface area contributed by atoms with Crippen LogP contribution in [0.2, 0.25) is 0 Å². The molecule has 0 aromatic heterocycles. The number of hydrogen-bond donors (Lipinski definition) is 1. The molecule has 1 N–H and O–H groups in total. The van der Waals surface area contributed by atoms with Gasteiger partial charge in [0.1, 0.15) is 0 Å². The van der Waals surface area contributed by atoms with E-state index in [4.69, 9.17) is 9.47 Å². The Morgan fingerprint density at radius 2 is 1.93 bits per heavy atom. The van der Waals surface area contributed by atoms with E-state index in [9.17, 15) is 9.59 Å². The number of likely N-dealkylation sites (tertiary alicyclic amines) is 1. The van der Waals surface area contributed by atoms with Crippen LogP contribution in [0, 0.1) is 11.8 Å². The van der Waals surface area contributed by atoms with Gasteiger partial charge in [0.05, 0.1) is 5.92 Å². The number of carbonyl (C=O) groups excluding carboxylic acids is 2. The van der Waals surface area contributed by atoms with E-state index < -0.39 is 0 Å². The summed E-state index contributed by atoms with van der Waals surface area (Å²) in [4.78, 5) is 27.1. The highest BCUT2D eigenvalue weighted by Crippen LogP contribution is 2.43. The van der Waals surface area contributed by atoms with Crippen LogP contribution in [0.5, 0.6) is 11.5 Å². The van der Waals surface area contributed by atoms with E-state index in [0.29, 0.717) is 25.4 Å². The predicted octanol–water partition coefficient (Wildman–Crippen LogP) is 2.99. The number of amides is 2. The molecule has 1 aromatic rings. The van der Waals surface area contributed by atoms with Crippen LogP contribution in [0.15, 0.2) is 18.2 Å². The minimum Gasteiger partial charge on any atom is -0.454 e. The van der Waals surface area contributed by atoms with Crippen LogP contribution >= 0.6 is 0 Å². The summed E-state index contributed by atoms with van der Waals surface area (Å²) < 4.78 is 11.1. The van der Waals surface area contributed by atoms with Gasteiger partial charge in [-0.1, -0.05) is 25.3 Å². The zero-order valence-electron chi connectivity index (χ0n) is 17.0. The zero-order valence-corrected chi connectivity index (χ0v) is 17.0. The second kappa shape index (κ2) is 7.54. The third-order valence-electron chi connectivity index (χ3n) is 7.16. The summed E-state index contributed by atoms with van der Waals surface area (Å²) >= 11 is 0. The molecule has 0 radical (unpaired) electrons. The average Bonchev–Trinajstić information content (AvgIpc) is 3.30. The van der Waals surface area contributed by atoms with Gasteiger partial charge in [-0.25, -0.2) is 0 Å². The van der Waals surface area contributed by atoms with Gasteiger partial charge in [-0.2, -0.15) is 0 Å². The number of nitrogens with zero attached hydrogens (tertiary/aromatic N) is 1. The molecule has 3 fully saturated rings. The van der Waals surface area contributed by atoms with Crippen LogP contribution in [0.1, 0.15) is 56.9 Å². The van der Waals surface area contributed by atoms with Crippen molar-refractivity contribution in [2.45, 2.75) is 56.8 Å². The largest absolute Gasteiger partial charge is 0.454 e. The fourth-order valence-corrected chi connectivity index (χ4v) is 5.16. The summed E-state index contributed by atoms with van der Waals surface area (Å²) in [5.41, 5.74) is 1.16. The van der Waals surface area contributed by atoms with Crippen molar-refractivity contribution in [2.75, 3.05) is 26.4 Å². The molecular weight excluding hydrogens is 368 g/mol. The SMILES string of the molecule is O=C(NCC1(c2ccc3c(c2)OCO3)CCCCC1)C1CC(=O)N(CC2CC2)C1. The molecule has 1 saturated heterocycles. The first kappa shape index (κ1) is 18.8. The third kappa shape index (κ3) is 3.81. The molecule has 0 bridgehead atoms. The summed E-state index contributed by atoms with van der Waals surface area (Å²) in [5, 5.41) is 3.22. The molecule has 1 aromatic carbocycles. The Hall–Kier alpha value is -2.24. The lowest BCUT2D eigenvalue weighted by molar-refractivity contribution is -0.129. The van der Waals surface area contributed by atoms with Gasteiger partial charge in [0, 0.05) is 31.5 Å². The van der Waals surface area contributed by atoms with E-state index in [0.717, 1.165) is 30.9 Å². The molecule has 1 unspecified atom stereocenters. The van der Waals surface area contributed by atoms with Crippen LogP contribution in [0.4, 0.5) is 0 Å². The van der Waals surface area contributed by atoms with Gasteiger partial charge in [0.2, 0.25) is 18.6 Å². The second-order valence-electron chi connectivity index (χ2n) is 9.27. The molecular formula is C23H30N2O4. The van der Waals surface area contributed by atoms with Crippen molar-refractivity contribution in [1.29, 1.82) is 0 Å². The van der Waals surface area contributed by atoms with E-state index in [1.54, 1.807) is 0 Å². The molecule has 2 aliphatic carbocycles. The molecule has 4 aliphatic rings. The quantitative estimate of drug-likeness (QED) is 0.800. The van der Waals surface area contributed by atoms with Crippen LogP contribution < -0.4 is 14.8 Å². The van der Waals surface area contributed by atoms with Crippen LogP contribution in [0.25, 0.3) is 0 Å². The van der Waals surface area contributed by atoms with Crippen molar-refractivity contribution in [3.8, 4) is 11.5 Å². The van der Waals surface area contributed by atoms with Crippen molar-refractivity contribution in [3.05, 3.63) is 23.8 Å². The van der Waals surface area contributed by atoms with E-state index >= 15 is 0 Å². The lowest BCUT2D eigenvalue weighted by Gasteiger charge is -2.38. The lowest BCUT2D eigenvalue weighted by Crippen LogP contribution is -2.44. The highest BCUT2D eigenvalue weighted by Gasteiger charge is 2.39. The zero-order chi connectivity index (χ0) is 19.8. The first-order valence-corrected chi connectivity index (χ1v) is 11.1. The number of nitrogens with one attached hydrogen (secondary N) is 1. The monoisotopic (exact) mass is 398 g/mol. The van der Waals surface area contributed by atoms with Crippen molar-refractivity contribution >= 4 is 11.8 Å². The topological polar surface area (TPSA) is 67.9 Å². The fraction of sp³-hybridized carbons (Fsp3) is 0.652. The van der Waals surface area contributed by atoms with Gasteiger partial charge in [0.15, 0.2) is 11.5 Å². The summed E-state index contributed by atoms with van der Waals surface area (Å²) in [5.74, 6) is 2.22. The molecule has 2 aliphatic heterocycles. The molecule has 2 heterocycles. The van der Waals surface area contributed by atoms with Crippen LogP contribution in [0.3, 0.4) is 0 Å².